The molecule has 0 aliphatic carbocycles. The minimum absolute atomic E-state index is 0.122. The van der Waals surface area contributed by atoms with E-state index in [-0.39, 0.29) is 17.1 Å². The van der Waals surface area contributed by atoms with E-state index in [1.807, 2.05) is 24.3 Å². The van der Waals surface area contributed by atoms with Crippen molar-refractivity contribution in [1.82, 2.24) is 0 Å². The Morgan fingerprint density at radius 3 is 2.45 bits per heavy atom. The Balaban J connectivity index is 1.96. The molecule has 2 aromatic rings. The van der Waals surface area contributed by atoms with Crippen molar-refractivity contribution in [3.05, 3.63) is 70.5 Å². The molecular weight excluding hydrogens is 293 g/mol. The quantitative estimate of drug-likeness (QED) is 0.858. The zero-order chi connectivity index (χ0) is 14.5. The van der Waals surface area contributed by atoms with Crippen LogP contribution >= 0.6 is 23.4 Å². The summed E-state index contributed by atoms with van der Waals surface area (Å²) >= 11 is 7.88. The summed E-state index contributed by atoms with van der Waals surface area (Å²) in [6, 6.07) is 14.1. The number of hydrogen-bond acceptors (Lipinski definition) is 2. The van der Waals surface area contributed by atoms with E-state index in [0.717, 1.165) is 21.9 Å². The molecule has 0 bridgehead atoms. The van der Waals surface area contributed by atoms with Crippen LogP contribution in [0, 0.1) is 5.82 Å². The smallest absolute Gasteiger partial charge is 0.123 e. The summed E-state index contributed by atoms with van der Waals surface area (Å²) in [4.78, 5) is 0. The second kappa shape index (κ2) is 7.11. The van der Waals surface area contributed by atoms with Crippen LogP contribution in [0.2, 0.25) is 5.02 Å². The summed E-state index contributed by atoms with van der Waals surface area (Å²) in [5, 5.41) is 0.999. The maximum absolute atomic E-state index is 12.9. The number of benzene rings is 2. The minimum Gasteiger partial charge on any atom is -0.323 e. The van der Waals surface area contributed by atoms with Gasteiger partial charge in [-0.05, 0) is 29.3 Å². The van der Waals surface area contributed by atoms with Crippen LogP contribution in [0.5, 0.6) is 0 Å². The Labute approximate surface area is 128 Å². The van der Waals surface area contributed by atoms with Gasteiger partial charge in [0.25, 0.3) is 0 Å². The Bertz CT molecular complexity index is 559. The summed E-state index contributed by atoms with van der Waals surface area (Å²) in [6.07, 6.45) is 0. The normalized spacial score (nSPS) is 14.0. The molecule has 0 saturated heterocycles. The molecule has 2 atom stereocenters. The van der Waals surface area contributed by atoms with Crippen molar-refractivity contribution < 1.29 is 4.39 Å². The van der Waals surface area contributed by atoms with Gasteiger partial charge in [-0.2, -0.15) is 11.8 Å². The van der Waals surface area contributed by atoms with E-state index in [1.165, 1.54) is 12.1 Å². The molecule has 0 heterocycles. The first-order chi connectivity index (χ1) is 9.58. The first kappa shape index (κ1) is 15.4. The summed E-state index contributed by atoms with van der Waals surface area (Å²) in [5.74, 6) is 0.577. The van der Waals surface area contributed by atoms with Gasteiger partial charge in [0, 0.05) is 22.1 Å². The zero-order valence-corrected chi connectivity index (χ0v) is 12.8. The second-order valence-corrected chi connectivity index (χ2v) is 6.46. The van der Waals surface area contributed by atoms with Crippen LogP contribution in [-0.2, 0) is 5.75 Å². The van der Waals surface area contributed by atoms with Crippen LogP contribution in [-0.4, -0.2) is 5.25 Å². The molecule has 0 saturated carbocycles. The van der Waals surface area contributed by atoms with E-state index in [4.69, 9.17) is 17.3 Å². The Kier molecular flexibility index (Phi) is 5.46. The molecule has 106 valence electrons. The van der Waals surface area contributed by atoms with Crippen molar-refractivity contribution >= 4 is 23.4 Å². The van der Waals surface area contributed by atoms with E-state index < -0.39 is 0 Å². The van der Waals surface area contributed by atoms with Crippen molar-refractivity contribution in [1.29, 1.82) is 0 Å². The molecule has 2 N–H and O–H groups in total. The van der Waals surface area contributed by atoms with Gasteiger partial charge in [-0.3, -0.25) is 0 Å². The van der Waals surface area contributed by atoms with Gasteiger partial charge in [0.1, 0.15) is 5.82 Å². The average molecular weight is 310 g/mol. The van der Waals surface area contributed by atoms with E-state index in [0.29, 0.717) is 0 Å². The Hall–Kier alpha value is -1.03. The average Bonchev–Trinajstić information content (AvgIpc) is 2.46. The third-order valence-corrected chi connectivity index (χ3v) is 4.89. The van der Waals surface area contributed by atoms with Crippen LogP contribution in [0.1, 0.15) is 24.1 Å². The van der Waals surface area contributed by atoms with Crippen LogP contribution in [0.3, 0.4) is 0 Å². The lowest BCUT2D eigenvalue weighted by atomic mass is 10.1. The minimum atomic E-state index is -0.239. The van der Waals surface area contributed by atoms with Crippen molar-refractivity contribution in [2.45, 2.75) is 24.0 Å². The molecule has 0 fully saturated rings. The molecule has 2 rings (SSSR count). The fourth-order valence-corrected chi connectivity index (χ4v) is 3.24. The van der Waals surface area contributed by atoms with Gasteiger partial charge in [-0.15, -0.1) is 0 Å². The lowest BCUT2D eigenvalue weighted by molar-refractivity contribution is 0.624. The third kappa shape index (κ3) is 3.98. The fourth-order valence-electron chi connectivity index (χ4n) is 1.90. The highest BCUT2D eigenvalue weighted by Crippen LogP contribution is 2.29. The standard InChI is InChI=1S/C16H17ClFNS/c1-11(16(19)12-6-8-14(18)9-7-12)20-10-13-4-2-3-5-15(13)17/h2-9,11,16H,10,19H2,1H3. The predicted molar refractivity (Wildman–Crippen MR) is 85.5 cm³/mol. The predicted octanol–water partition coefficient (Wildman–Crippen LogP) is 4.80. The van der Waals surface area contributed by atoms with Gasteiger partial charge in [0.2, 0.25) is 0 Å². The van der Waals surface area contributed by atoms with Crippen LogP contribution in [0.4, 0.5) is 4.39 Å². The van der Waals surface area contributed by atoms with Crippen LogP contribution < -0.4 is 5.73 Å². The van der Waals surface area contributed by atoms with E-state index in [9.17, 15) is 4.39 Å². The zero-order valence-electron chi connectivity index (χ0n) is 11.2. The van der Waals surface area contributed by atoms with E-state index in [1.54, 1.807) is 23.9 Å². The first-order valence-electron chi connectivity index (χ1n) is 6.44. The van der Waals surface area contributed by atoms with Crippen LogP contribution in [0.15, 0.2) is 48.5 Å². The highest BCUT2D eigenvalue weighted by molar-refractivity contribution is 7.99. The lowest BCUT2D eigenvalue weighted by Gasteiger charge is -2.20. The third-order valence-electron chi connectivity index (χ3n) is 3.22. The van der Waals surface area contributed by atoms with Gasteiger partial charge in [0.15, 0.2) is 0 Å². The summed E-state index contributed by atoms with van der Waals surface area (Å²) in [5.41, 5.74) is 8.27. The van der Waals surface area contributed by atoms with Crippen molar-refractivity contribution in [3.63, 3.8) is 0 Å². The molecule has 0 aromatic heterocycles. The number of rotatable bonds is 5. The van der Waals surface area contributed by atoms with Gasteiger partial charge in [0.05, 0.1) is 0 Å². The Morgan fingerprint density at radius 1 is 1.15 bits per heavy atom. The molecule has 0 aliphatic heterocycles. The molecule has 0 aliphatic rings. The molecule has 0 spiro atoms. The molecule has 1 nitrogen and oxygen atoms in total. The summed E-state index contributed by atoms with van der Waals surface area (Å²) in [7, 11) is 0. The first-order valence-corrected chi connectivity index (χ1v) is 7.86. The number of nitrogens with two attached hydrogens (primary N) is 1. The van der Waals surface area contributed by atoms with E-state index in [2.05, 4.69) is 6.92 Å². The molecule has 20 heavy (non-hydrogen) atoms. The second-order valence-electron chi connectivity index (χ2n) is 4.68. The fraction of sp³-hybridized carbons (Fsp3) is 0.250. The lowest BCUT2D eigenvalue weighted by Crippen LogP contribution is -2.21. The van der Waals surface area contributed by atoms with Crippen molar-refractivity contribution in [2.75, 3.05) is 0 Å². The number of hydrogen-bond donors (Lipinski definition) is 1. The largest absolute Gasteiger partial charge is 0.323 e. The maximum atomic E-state index is 12.9. The molecule has 0 amide bonds. The Morgan fingerprint density at radius 2 is 1.80 bits per heavy atom. The highest BCUT2D eigenvalue weighted by Gasteiger charge is 2.16. The molecule has 2 unspecified atom stereocenters. The summed E-state index contributed by atoms with van der Waals surface area (Å²) in [6.45, 7) is 2.08. The van der Waals surface area contributed by atoms with Gasteiger partial charge >= 0.3 is 0 Å². The topological polar surface area (TPSA) is 26.0 Å². The van der Waals surface area contributed by atoms with Crippen molar-refractivity contribution in [2.24, 2.45) is 5.73 Å². The van der Waals surface area contributed by atoms with Gasteiger partial charge < -0.3 is 5.73 Å². The number of thioether (sulfide) groups is 1. The maximum Gasteiger partial charge on any atom is 0.123 e. The molecule has 2 aromatic carbocycles. The highest BCUT2D eigenvalue weighted by atomic mass is 35.5. The monoisotopic (exact) mass is 309 g/mol. The summed E-state index contributed by atoms with van der Waals surface area (Å²) < 4.78 is 12.9. The van der Waals surface area contributed by atoms with Crippen LogP contribution in [0.25, 0.3) is 0 Å². The number of halogens is 2. The van der Waals surface area contributed by atoms with Gasteiger partial charge in [-0.25, -0.2) is 4.39 Å². The van der Waals surface area contributed by atoms with Crippen molar-refractivity contribution in [3.8, 4) is 0 Å². The molecule has 0 radical (unpaired) electrons. The SMILES string of the molecule is CC(SCc1ccccc1Cl)C(N)c1ccc(F)cc1. The van der Waals surface area contributed by atoms with Gasteiger partial charge in [-0.1, -0.05) is 48.9 Å². The molecule has 4 heteroatoms. The van der Waals surface area contributed by atoms with E-state index >= 15 is 0 Å². The molecular formula is C16H17ClFNS.